The van der Waals surface area contributed by atoms with Crippen molar-refractivity contribution in [1.29, 1.82) is 0 Å². The normalized spacial score (nSPS) is 16.1. The Morgan fingerprint density at radius 3 is 2.68 bits per heavy atom. The monoisotopic (exact) mass is 377 g/mol. The molecule has 0 spiro atoms. The van der Waals surface area contributed by atoms with Crippen LogP contribution in [-0.4, -0.2) is 42.5 Å². The molecule has 1 aliphatic heterocycles. The quantitative estimate of drug-likeness (QED) is 0.655. The fourth-order valence-electron chi connectivity index (χ4n) is 4.12. The first kappa shape index (κ1) is 18.2. The van der Waals surface area contributed by atoms with Crippen LogP contribution in [0.4, 0.5) is 0 Å². The highest BCUT2D eigenvalue weighted by molar-refractivity contribution is 5.96. The summed E-state index contributed by atoms with van der Waals surface area (Å²) in [6.45, 7) is 6.64. The fourth-order valence-corrected chi connectivity index (χ4v) is 4.12. The van der Waals surface area contributed by atoms with Crippen LogP contribution in [-0.2, 0) is 17.9 Å². The Morgan fingerprint density at radius 2 is 2.00 bits per heavy atom. The molecule has 4 rings (SSSR count). The van der Waals surface area contributed by atoms with Crippen molar-refractivity contribution >= 4 is 11.7 Å². The maximum atomic E-state index is 13.3. The average molecular weight is 377 g/mol. The van der Waals surface area contributed by atoms with Gasteiger partial charge >= 0.3 is 0 Å². The third-order valence-electron chi connectivity index (χ3n) is 5.38. The molecule has 0 saturated carbocycles. The first-order chi connectivity index (χ1) is 13.5. The van der Waals surface area contributed by atoms with Gasteiger partial charge in [0, 0.05) is 43.1 Å². The second kappa shape index (κ2) is 7.07. The summed E-state index contributed by atoms with van der Waals surface area (Å²) in [4.78, 5) is 31.3. The minimum atomic E-state index is -0.186. The molecule has 28 heavy (non-hydrogen) atoms. The van der Waals surface area contributed by atoms with Gasteiger partial charge in [-0.15, -0.1) is 0 Å². The van der Waals surface area contributed by atoms with Crippen molar-refractivity contribution in [3.05, 3.63) is 71.1 Å². The molecule has 0 saturated heterocycles. The Hall–Kier alpha value is -3.22. The highest BCUT2D eigenvalue weighted by Gasteiger charge is 2.32. The van der Waals surface area contributed by atoms with Crippen LogP contribution in [0.15, 0.2) is 42.9 Å². The first-order valence-electron chi connectivity index (χ1n) is 9.36. The summed E-state index contributed by atoms with van der Waals surface area (Å²) in [7, 11) is 0. The predicted octanol–water partition coefficient (Wildman–Crippen LogP) is 2.53. The number of hydrogen-bond donors (Lipinski definition) is 0. The molecular formula is C21H23N5O2. The molecule has 1 amide bonds. The minimum Gasteiger partial charge on any atom is -0.348 e. The lowest BCUT2D eigenvalue weighted by molar-refractivity contribution is -0.134. The molecule has 1 aliphatic rings. The maximum Gasteiger partial charge on any atom is 0.245 e. The fraction of sp³-hybridized carbons (Fsp3) is 0.333. The van der Waals surface area contributed by atoms with Crippen LogP contribution in [0.1, 0.15) is 46.0 Å². The lowest BCUT2D eigenvalue weighted by Gasteiger charge is -2.37. The zero-order chi connectivity index (χ0) is 19.8. The van der Waals surface area contributed by atoms with E-state index in [4.69, 9.17) is 0 Å². The SMILES string of the molecule is CC(=O)c1c(C)nn(CC(=O)N2CCn3cccc3C2c2cccnc2)c1C. The summed E-state index contributed by atoms with van der Waals surface area (Å²) in [5.41, 5.74) is 4.05. The summed E-state index contributed by atoms with van der Waals surface area (Å²) < 4.78 is 3.82. The Kier molecular flexibility index (Phi) is 4.58. The van der Waals surface area contributed by atoms with Crippen molar-refractivity contribution in [1.82, 2.24) is 24.2 Å². The molecule has 1 atom stereocenters. The Morgan fingerprint density at radius 1 is 1.18 bits per heavy atom. The van der Waals surface area contributed by atoms with Gasteiger partial charge in [0.25, 0.3) is 0 Å². The zero-order valence-corrected chi connectivity index (χ0v) is 16.3. The van der Waals surface area contributed by atoms with Crippen LogP contribution in [0.5, 0.6) is 0 Å². The number of rotatable bonds is 4. The molecular weight excluding hydrogens is 354 g/mol. The van der Waals surface area contributed by atoms with Gasteiger partial charge in [-0.05, 0) is 44.5 Å². The molecule has 0 fully saturated rings. The topological polar surface area (TPSA) is 73.0 Å². The molecule has 0 N–H and O–H groups in total. The van der Waals surface area contributed by atoms with E-state index in [9.17, 15) is 9.59 Å². The van der Waals surface area contributed by atoms with Gasteiger partial charge in [0.2, 0.25) is 5.91 Å². The van der Waals surface area contributed by atoms with E-state index in [1.54, 1.807) is 17.8 Å². The van der Waals surface area contributed by atoms with Gasteiger partial charge in [-0.25, -0.2) is 0 Å². The van der Waals surface area contributed by atoms with E-state index in [1.807, 2.05) is 48.5 Å². The van der Waals surface area contributed by atoms with Crippen LogP contribution in [0, 0.1) is 13.8 Å². The van der Waals surface area contributed by atoms with E-state index < -0.39 is 0 Å². The van der Waals surface area contributed by atoms with Crippen molar-refractivity contribution in [2.24, 2.45) is 0 Å². The van der Waals surface area contributed by atoms with E-state index in [2.05, 4.69) is 14.6 Å². The minimum absolute atomic E-state index is 0.0259. The van der Waals surface area contributed by atoms with Crippen LogP contribution in [0.25, 0.3) is 0 Å². The molecule has 1 unspecified atom stereocenters. The number of aryl methyl sites for hydroxylation is 1. The Labute approximate surface area is 163 Å². The number of carbonyl (C=O) groups is 2. The number of fused-ring (bicyclic) bond motifs is 1. The molecule has 0 radical (unpaired) electrons. The van der Waals surface area contributed by atoms with E-state index in [0.29, 0.717) is 17.8 Å². The highest BCUT2D eigenvalue weighted by Crippen LogP contribution is 2.32. The Bertz CT molecular complexity index is 1030. The summed E-state index contributed by atoms with van der Waals surface area (Å²) >= 11 is 0. The lowest BCUT2D eigenvalue weighted by atomic mass is 10.0. The number of nitrogens with zero attached hydrogens (tertiary/aromatic N) is 5. The van der Waals surface area contributed by atoms with E-state index in [-0.39, 0.29) is 24.3 Å². The lowest BCUT2D eigenvalue weighted by Crippen LogP contribution is -2.44. The van der Waals surface area contributed by atoms with Gasteiger partial charge in [0.1, 0.15) is 6.54 Å². The van der Waals surface area contributed by atoms with Crippen LogP contribution in [0.2, 0.25) is 0 Å². The molecule has 3 aromatic rings. The molecule has 0 aliphatic carbocycles. The Balaban J connectivity index is 1.67. The molecule has 3 aromatic heterocycles. The standard InChI is InChI=1S/C21H23N5O2/c1-14-20(16(3)27)15(2)26(23-14)13-19(28)25-11-10-24-9-5-7-18(24)21(25)17-6-4-8-22-12-17/h4-9,12,21H,10-11,13H2,1-3H3. The van der Waals surface area contributed by atoms with Gasteiger partial charge < -0.3 is 9.47 Å². The first-order valence-corrected chi connectivity index (χ1v) is 9.36. The summed E-state index contributed by atoms with van der Waals surface area (Å²) in [6.07, 6.45) is 5.59. The van der Waals surface area contributed by atoms with Crippen molar-refractivity contribution in [2.45, 2.75) is 39.9 Å². The number of Topliss-reactive ketones (excluding diaryl/α,β-unsaturated/α-hetero) is 1. The van der Waals surface area contributed by atoms with Crippen molar-refractivity contribution in [3.8, 4) is 0 Å². The van der Waals surface area contributed by atoms with Gasteiger partial charge in [-0.1, -0.05) is 6.07 Å². The molecule has 7 nitrogen and oxygen atoms in total. The molecule has 0 bridgehead atoms. The summed E-state index contributed by atoms with van der Waals surface area (Å²) in [5, 5.41) is 4.43. The van der Waals surface area contributed by atoms with Crippen LogP contribution in [0.3, 0.4) is 0 Å². The third kappa shape index (κ3) is 3.02. The van der Waals surface area contributed by atoms with Gasteiger partial charge in [0.15, 0.2) is 5.78 Å². The van der Waals surface area contributed by atoms with Crippen LogP contribution < -0.4 is 0 Å². The van der Waals surface area contributed by atoms with Crippen molar-refractivity contribution in [3.63, 3.8) is 0 Å². The number of pyridine rings is 1. The maximum absolute atomic E-state index is 13.3. The van der Waals surface area contributed by atoms with Crippen molar-refractivity contribution < 1.29 is 9.59 Å². The van der Waals surface area contributed by atoms with Gasteiger partial charge in [-0.3, -0.25) is 19.3 Å². The van der Waals surface area contributed by atoms with Crippen molar-refractivity contribution in [2.75, 3.05) is 6.54 Å². The number of ketones is 1. The average Bonchev–Trinajstić information content (AvgIpc) is 3.25. The molecule has 144 valence electrons. The molecule has 0 aromatic carbocycles. The zero-order valence-electron chi connectivity index (χ0n) is 16.3. The predicted molar refractivity (Wildman–Crippen MR) is 104 cm³/mol. The van der Waals surface area contributed by atoms with Gasteiger partial charge in [-0.2, -0.15) is 5.10 Å². The largest absolute Gasteiger partial charge is 0.348 e. The number of hydrogen-bond acceptors (Lipinski definition) is 4. The van der Waals surface area contributed by atoms with Crippen LogP contribution >= 0.6 is 0 Å². The highest BCUT2D eigenvalue weighted by atomic mass is 16.2. The second-order valence-corrected chi connectivity index (χ2v) is 7.16. The second-order valence-electron chi connectivity index (χ2n) is 7.16. The third-order valence-corrected chi connectivity index (χ3v) is 5.38. The summed E-state index contributed by atoms with van der Waals surface area (Å²) in [5.74, 6) is -0.0558. The number of aromatic nitrogens is 4. The molecule has 7 heteroatoms. The smallest absolute Gasteiger partial charge is 0.245 e. The van der Waals surface area contributed by atoms with E-state index in [1.165, 1.54) is 6.92 Å². The number of amides is 1. The molecule has 4 heterocycles. The van der Waals surface area contributed by atoms with Gasteiger partial charge in [0.05, 0.1) is 17.3 Å². The van der Waals surface area contributed by atoms with E-state index >= 15 is 0 Å². The van der Waals surface area contributed by atoms with E-state index in [0.717, 1.165) is 23.5 Å². The number of carbonyl (C=O) groups excluding carboxylic acids is 2. The summed E-state index contributed by atoms with van der Waals surface area (Å²) in [6, 6.07) is 7.76.